The molecule has 0 spiro atoms. The van der Waals surface area contributed by atoms with Crippen LogP contribution in [0.3, 0.4) is 0 Å². The largest absolute Gasteiger partial charge is 0.493 e. The Bertz CT molecular complexity index is 505. The lowest BCUT2D eigenvalue weighted by Gasteiger charge is -2.18. The minimum absolute atomic E-state index is 0.149. The van der Waals surface area contributed by atoms with E-state index in [-0.39, 0.29) is 5.91 Å². The molecule has 1 amide bonds. The van der Waals surface area contributed by atoms with E-state index in [1.807, 2.05) is 18.7 Å². The van der Waals surface area contributed by atoms with Crippen molar-refractivity contribution in [1.82, 2.24) is 4.90 Å². The van der Waals surface area contributed by atoms with Crippen molar-refractivity contribution in [3.05, 3.63) is 23.8 Å². The smallest absolute Gasteiger partial charge is 0.222 e. The molecular formula is C16H22N2O3. The van der Waals surface area contributed by atoms with E-state index in [9.17, 15) is 4.79 Å². The lowest BCUT2D eigenvalue weighted by molar-refractivity contribution is -0.131. The number of rotatable bonds is 8. The van der Waals surface area contributed by atoms with Crippen molar-refractivity contribution >= 4 is 5.91 Å². The summed E-state index contributed by atoms with van der Waals surface area (Å²) < 4.78 is 10.8. The van der Waals surface area contributed by atoms with E-state index in [4.69, 9.17) is 14.7 Å². The van der Waals surface area contributed by atoms with Crippen molar-refractivity contribution in [3.8, 4) is 17.6 Å². The summed E-state index contributed by atoms with van der Waals surface area (Å²) in [6.07, 6.45) is 1.12. The highest BCUT2D eigenvalue weighted by Gasteiger charge is 2.10. The molecule has 0 bridgehead atoms. The van der Waals surface area contributed by atoms with Gasteiger partial charge in [-0.05, 0) is 32.4 Å². The number of nitriles is 1. The van der Waals surface area contributed by atoms with Gasteiger partial charge in [-0.15, -0.1) is 0 Å². The summed E-state index contributed by atoms with van der Waals surface area (Å²) in [7, 11) is 1.53. The molecule has 0 radical (unpaired) electrons. The number of methoxy groups -OCH3 is 1. The number of amides is 1. The first-order chi connectivity index (χ1) is 10.2. The van der Waals surface area contributed by atoms with Gasteiger partial charge in [-0.3, -0.25) is 4.79 Å². The molecule has 1 rings (SSSR count). The second-order valence-corrected chi connectivity index (χ2v) is 4.50. The fourth-order valence-electron chi connectivity index (χ4n) is 2.00. The third-order valence-electron chi connectivity index (χ3n) is 3.20. The number of nitrogens with zero attached hydrogens (tertiary/aromatic N) is 2. The van der Waals surface area contributed by atoms with Crippen LogP contribution in [0.4, 0.5) is 0 Å². The molecule has 114 valence electrons. The molecule has 21 heavy (non-hydrogen) atoms. The summed E-state index contributed by atoms with van der Waals surface area (Å²) in [6.45, 7) is 5.85. The van der Waals surface area contributed by atoms with Crippen molar-refractivity contribution in [3.63, 3.8) is 0 Å². The maximum Gasteiger partial charge on any atom is 0.222 e. The van der Waals surface area contributed by atoms with Crippen LogP contribution in [0, 0.1) is 11.3 Å². The van der Waals surface area contributed by atoms with Gasteiger partial charge in [0.15, 0.2) is 11.5 Å². The first-order valence-corrected chi connectivity index (χ1v) is 7.14. The Labute approximate surface area is 126 Å². The molecule has 0 fully saturated rings. The van der Waals surface area contributed by atoms with Crippen molar-refractivity contribution < 1.29 is 14.3 Å². The molecule has 1 aromatic carbocycles. The van der Waals surface area contributed by atoms with Gasteiger partial charge in [-0.25, -0.2) is 0 Å². The average molecular weight is 290 g/mol. The van der Waals surface area contributed by atoms with Gasteiger partial charge < -0.3 is 14.4 Å². The van der Waals surface area contributed by atoms with Gasteiger partial charge in [0.25, 0.3) is 0 Å². The molecule has 0 saturated heterocycles. The summed E-state index contributed by atoms with van der Waals surface area (Å²) in [5, 5.41) is 8.83. The summed E-state index contributed by atoms with van der Waals surface area (Å²) >= 11 is 0. The van der Waals surface area contributed by atoms with Crippen LogP contribution in [0.15, 0.2) is 18.2 Å². The highest BCUT2D eigenvalue weighted by atomic mass is 16.5. The third kappa shape index (κ3) is 4.99. The van der Waals surface area contributed by atoms with E-state index >= 15 is 0 Å². The first kappa shape index (κ1) is 16.8. The molecule has 0 aliphatic heterocycles. The van der Waals surface area contributed by atoms with Gasteiger partial charge >= 0.3 is 0 Å². The Balaban J connectivity index is 2.46. The SMILES string of the molecule is CCN(CC)C(=O)CCCOc1ccc(C#N)cc1OC. The van der Waals surface area contributed by atoms with Crippen LogP contribution < -0.4 is 9.47 Å². The lowest BCUT2D eigenvalue weighted by atomic mass is 10.2. The number of ether oxygens (including phenoxy) is 2. The summed E-state index contributed by atoms with van der Waals surface area (Å²) in [5.74, 6) is 1.27. The van der Waals surface area contributed by atoms with Crippen LogP contribution in [-0.2, 0) is 4.79 Å². The van der Waals surface area contributed by atoms with Crippen molar-refractivity contribution in [2.45, 2.75) is 26.7 Å². The zero-order valence-corrected chi connectivity index (χ0v) is 12.9. The maximum absolute atomic E-state index is 11.8. The van der Waals surface area contributed by atoms with Crippen LogP contribution in [0.1, 0.15) is 32.3 Å². The highest BCUT2D eigenvalue weighted by molar-refractivity contribution is 5.76. The van der Waals surface area contributed by atoms with Crippen LogP contribution >= 0.6 is 0 Å². The van der Waals surface area contributed by atoms with E-state index in [2.05, 4.69) is 6.07 Å². The van der Waals surface area contributed by atoms with Crippen molar-refractivity contribution in [1.29, 1.82) is 5.26 Å². The van der Waals surface area contributed by atoms with E-state index in [1.165, 1.54) is 7.11 Å². The molecule has 0 aliphatic rings. The standard InChI is InChI=1S/C16H22N2O3/c1-4-18(5-2)16(19)7-6-10-21-14-9-8-13(12-17)11-15(14)20-3/h8-9,11H,4-7,10H2,1-3H3. The normalized spacial score (nSPS) is 9.81. The molecule has 0 saturated carbocycles. The second-order valence-electron chi connectivity index (χ2n) is 4.50. The Morgan fingerprint density at radius 2 is 2.00 bits per heavy atom. The average Bonchev–Trinajstić information content (AvgIpc) is 2.52. The van der Waals surface area contributed by atoms with Gasteiger partial charge in [-0.1, -0.05) is 0 Å². The molecule has 0 heterocycles. The fourth-order valence-corrected chi connectivity index (χ4v) is 2.00. The van der Waals surface area contributed by atoms with Crippen LogP contribution in [0.25, 0.3) is 0 Å². The molecular weight excluding hydrogens is 268 g/mol. The first-order valence-electron chi connectivity index (χ1n) is 7.14. The van der Waals surface area contributed by atoms with Gasteiger partial charge in [0.1, 0.15) is 0 Å². The van der Waals surface area contributed by atoms with Crippen LogP contribution in [0.2, 0.25) is 0 Å². The van der Waals surface area contributed by atoms with Crippen molar-refractivity contribution in [2.75, 3.05) is 26.8 Å². The zero-order chi connectivity index (χ0) is 15.7. The lowest BCUT2D eigenvalue weighted by Crippen LogP contribution is -2.30. The Morgan fingerprint density at radius 1 is 1.29 bits per heavy atom. The number of hydrogen-bond donors (Lipinski definition) is 0. The van der Waals surface area contributed by atoms with Crippen LogP contribution in [-0.4, -0.2) is 37.6 Å². The number of carbonyl (C=O) groups excluding carboxylic acids is 1. The van der Waals surface area contributed by atoms with Gasteiger partial charge in [0.2, 0.25) is 5.91 Å². The topological polar surface area (TPSA) is 62.6 Å². The number of carbonyl (C=O) groups is 1. The van der Waals surface area contributed by atoms with Crippen molar-refractivity contribution in [2.24, 2.45) is 0 Å². The number of benzene rings is 1. The molecule has 5 heteroatoms. The zero-order valence-electron chi connectivity index (χ0n) is 12.9. The minimum atomic E-state index is 0.149. The molecule has 0 aromatic heterocycles. The molecule has 1 aromatic rings. The molecule has 0 N–H and O–H groups in total. The fraction of sp³-hybridized carbons (Fsp3) is 0.500. The van der Waals surface area contributed by atoms with Gasteiger partial charge in [0, 0.05) is 25.6 Å². The quantitative estimate of drug-likeness (QED) is 0.690. The summed E-state index contributed by atoms with van der Waals surface area (Å²) in [4.78, 5) is 13.6. The Morgan fingerprint density at radius 3 is 2.57 bits per heavy atom. The molecule has 0 atom stereocenters. The molecule has 0 unspecified atom stereocenters. The van der Waals surface area contributed by atoms with E-state index < -0.39 is 0 Å². The second kappa shape index (κ2) is 8.85. The van der Waals surface area contributed by atoms with Gasteiger partial charge in [0.05, 0.1) is 25.3 Å². The Kier molecular flexibility index (Phi) is 7.10. The Hall–Kier alpha value is -2.22. The number of hydrogen-bond acceptors (Lipinski definition) is 4. The van der Waals surface area contributed by atoms with Gasteiger partial charge in [-0.2, -0.15) is 5.26 Å². The van der Waals surface area contributed by atoms with E-state index in [1.54, 1.807) is 18.2 Å². The minimum Gasteiger partial charge on any atom is -0.493 e. The highest BCUT2D eigenvalue weighted by Crippen LogP contribution is 2.27. The predicted octanol–water partition coefficient (Wildman–Crippen LogP) is 2.59. The van der Waals surface area contributed by atoms with Crippen LogP contribution in [0.5, 0.6) is 11.5 Å². The summed E-state index contributed by atoms with van der Waals surface area (Å²) in [5.41, 5.74) is 0.524. The maximum atomic E-state index is 11.8. The van der Waals surface area contributed by atoms with E-state index in [0.29, 0.717) is 36.5 Å². The monoisotopic (exact) mass is 290 g/mol. The third-order valence-corrected chi connectivity index (χ3v) is 3.20. The molecule has 5 nitrogen and oxygen atoms in total. The van der Waals surface area contributed by atoms with E-state index in [0.717, 1.165) is 13.1 Å². The summed E-state index contributed by atoms with van der Waals surface area (Å²) in [6, 6.07) is 7.08. The predicted molar refractivity (Wildman–Crippen MR) is 80.4 cm³/mol. The molecule has 0 aliphatic carbocycles.